The second-order valence-corrected chi connectivity index (χ2v) is 5.09. The molecule has 0 aromatic heterocycles. The van der Waals surface area contributed by atoms with Crippen molar-refractivity contribution >= 4 is 25.2 Å². The van der Waals surface area contributed by atoms with E-state index in [0.717, 1.165) is 18.2 Å². The summed E-state index contributed by atoms with van der Waals surface area (Å²) in [7, 11) is 0. The third-order valence-electron chi connectivity index (χ3n) is 1.67. The van der Waals surface area contributed by atoms with Gasteiger partial charge in [-0.3, -0.25) is 0 Å². The van der Waals surface area contributed by atoms with Gasteiger partial charge in [0.25, 0.3) is 0 Å². The van der Waals surface area contributed by atoms with Crippen molar-refractivity contribution in [2.24, 2.45) is 0 Å². The van der Waals surface area contributed by atoms with E-state index in [1.807, 2.05) is 25.1 Å². The molecular formula is C11H14OSe. The first kappa shape index (κ1) is 10.5. The minimum atomic E-state index is 0.341. The Hall–Kier alpha value is -0.591. The number of carbonyl (C=O) groups excluding carboxylic acids is 1. The average molecular weight is 241 g/mol. The summed E-state index contributed by atoms with van der Waals surface area (Å²) in [5.74, 6) is 0.409. The van der Waals surface area contributed by atoms with E-state index in [1.165, 1.54) is 4.46 Å². The maximum atomic E-state index is 11.2. The molecule has 0 spiro atoms. The van der Waals surface area contributed by atoms with Crippen molar-refractivity contribution in [2.45, 2.75) is 25.1 Å². The van der Waals surface area contributed by atoms with Crippen LogP contribution in [0.5, 0.6) is 0 Å². The molecule has 2 heteroatoms. The Kier molecular flexibility index (Phi) is 4.80. The van der Waals surface area contributed by atoms with Gasteiger partial charge in [0.2, 0.25) is 0 Å². The fourth-order valence-corrected chi connectivity index (χ4v) is 2.76. The van der Waals surface area contributed by atoms with Crippen molar-refractivity contribution in [2.75, 3.05) is 0 Å². The Bertz CT molecular complexity index is 256. The molecule has 0 bridgehead atoms. The van der Waals surface area contributed by atoms with Crippen molar-refractivity contribution in [1.82, 2.24) is 0 Å². The van der Waals surface area contributed by atoms with Crippen LogP contribution < -0.4 is 4.46 Å². The van der Waals surface area contributed by atoms with Gasteiger partial charge in [-0.25, -0.2) is 0 Å². The van der Waals surface area contributed by atoms with Gasteiger partial charge >= 0.3 is 85.4 Å². The van der Waals surface area contributed by atoms with Gasteiger partial charge in [0.15, 0.2) is 0 Å². The average Bonchev–Trinajstić information content (AvgIpc) is 2.17. The zero-order chi connectivity index (χ0) is 9.52. The van der Waals surface area contributed by atoms with Crippen LogP contribution in [-0.2, 0) is 4.79 Å². The molecule has 0 radical (unpaired) electrons. The molecule has 0 N–H and O–H groups in total. The SMILES string of the molecule is CCCC(=O)C[Se]c1ccccc1. The molecule has 0 heterocycles. The van der Waals surface area contributed by atoms with Gasteiger partial charge in [0, 0.05) is 0 Å². The normalized spacial score (nSPS) is 9.92. The molecule has 0 saturated carbocycles. The molecule has 0 atom stereocenters. The summed E-state index contributed by atoms with van der Waals surface area (Å²) in [5, 5.41) is 0.755. The van der Waals surface area contributed by atoms with Gasteiger partial charge in [-0.05, 0) is 0 Å². The predicted octanol–water partition coefficient (Wildman–Crippen LogP) is 1.80. The molecule has 1 rings (SSSR count). The fourth-order valence-electron chi connectivity index (χ4n) is 1.03. The van der Waals surface area contributed by atoms with Crippen LogP contribution in [0, 0.1) is 0 Å². The van der Waals surface area contributed by atoms with Gasteiger partial charge in [-0.15, -0.1) is 0 Å². The fraction of sp³-hybridized carbons (Fsp3) is 0.364. The molecule has 0 amide bonds. The molecular weight excluding hydrogens is 227 g/mol. The third-order valence-corrected chi connectivity index (χ3v) is 3.92. The Labute approximate surface area is 85.7 Å². The Morgan fingerprint density at radius 2 is 2.00 bits per heavy atom. The molecule has 0 aliphatic heterocycles. The molecule has 0 saturated heterocycles. The monoisotopic (exact) mass is 242 g/mol. The number of Topliss-reactive ketones (excluding diaryl/α,β-unsaturated/α-hetero) is 1. The first-order valence-electron chi connectivity index (χ1n) is 4.52. The van der Waals surface area contributed by atoms with E-state index in [-0.39, 0.29) is 0 Å². The standard InChI is InChI=1S/C11H14OSe/c1-2-6-10(12)9-13-11-7-4-3-5-8-11/h3-5,7-8H,2,6,9H2,1H3. The van der Waals surface area contributed by atoms with Crippen molar-refractivity contribution in [1.29, 1.82) is 0 Å². The molecule has 70 valence electrons. The summed E-state index contributed by atoms with van der Waals surface area (Å²) in [4.78, 5) is 11.2. The molecule has 0 unspecified atom stereocenters. The second kappa shape index (κ2) is 5.95. The van der Waals surface area contributed by atoms with E-state index in [4.69, 9.17) is 0 Å². The Morgan fingerprint density at radius 3 is 2.62 bits per heavy atom. The Balaban J connectivity index is 2.31. The van der Waals surface area contributed by atoms with Crippen molar-refractivity contribution in [3.05, 3.63) is 30.3 Å². The minimum absolute atomic E-state index is 0.341. The Morgan fingerprint density at radius 1 is 1.31 bits per heavy atom. The van der Waals surface area contributed by atoms with E-state index in [9.17, 15) is 4.79 Å². The van der Waals surface area contributed by atoms with Crippen LogP contribution in [0.25, 0.3) is 0 Å². The van der Waals surface area contributed by atoms with E-state index in [0.29, 0.717) is 20.7 Å². The van der Waals surface area contributed by atoms with Gasteiger partial charge in [-0.1, -0.05) is 0 Å². The number of rotatable bonds is 5. The zero-order valence-corrected chi connectivity index (χ0v) is 9.54. The number of hydrogen-bond donors (Lipinski definition) is 0. The number of carbonyl (C=O) groups is 1. The van der Waals surface area contributed by atoms with Crippen LogP contribution in [0.2, 0.25) is 5.32 Å². The number of hydrogen-bond acceptors (Lipinski definition) is 1. The quantitative estimate of drug-likeness (QED) is 0.718. The van der Waals surface area contributed by atoms with E-state index in [2.05, 4.69) is 12.1 Å². The summed E-state index contributed by atoms with van der Waals surface area (Å²) < 4.78 is 1.32. The van der Waals surface area contributed by atoms with Crippen molar-refractivity contribution in [3.8, 4) is 0 Å². The van der Waals surface area contributed by atoms with Crippen LogP contribution >= 0.6 is 0 Å². The van der Waals surface area contributed by atoms with Crippen molar-refractivity contribution < 1.29 is 4.79 Å². The molecule has 1 nitrogen and oxygen atoms in total. The second-order valence-electron chi connectivity index (χ2n) is 2.89. The molecule has 0 fully saturated rings. The number of benzene rings is 1. The van der Waals surface area contributed by atoms with Crippen molar-refractivity contribution in [3.63, 3.8) is 0 Å². The maximum absolute atomic E-state index is 11.2. The predicted molar refractivity (Wildman–Crippen MR) is 56.6 cm³/mol. The van der Waals surface area contributed by atoms with E-state index < -0.39 is 0 Å². The van der Waals surface area contributed by atoms with Gasteiger partial charge in [-0.2, -0.15) is 0 Å². The summed E-state index contributed by atoms with van der Waals surface area (Å²) in [5.41, 5.74) is 0. The molecule has 13 heavy (non-hydrogen) atoms. The van der Waals surface area contributed by atoms with E-state index in [1.54, 1.807) is 0 Å². The summed E-state index contributed by atoms with van der Waals surface area (Å²) in [6, 6.07) is 10.3. The number of ketones is 1. The van der Waals surface area contributed by atoms with Crippen LogP contribution in [0.15, 0.2) is 30.3 Å². The van der Waals surface area contributed by atoms with Crippen LogP contribution in [0.4, 0.5) is 0 Å². The molecule has 0 aliphatic rings. The summed E-state index contributed by atoms with van der Waals surface area (Å²) in [6.45, 7) is 2.05. The van der Waals surface area contributed by atoms with Crippen LogP contribution in [-0.4, -0.2) is 20.7 Å². The third kappa shape index (κ3) is 4.25. The summed E-state index contributed by atoms with van der Waals surface area (Å²) >= 11 is 0.341. The molecule has 1 aromatic carbocycles. The molecule has 0 aliphatic carbocycles. The van der Waals surface area contributed by atoms with E-state index >= 15 is 0 Å². The summed E-state index contributed by atoms with van der Waals surface area (Å²) in [6.07, 6.45) is 1.72. The van der Waals surface area contributed by atoms with Gasteiger partial charge in [0.05, 0.1) is 0 Å². The first-order chi connectivity index (χ1) is 6.33. The van der Waals surface area contributed by atoms with Crippen LogP contribution in [0.1, 0.15) is 19.8 Å². The van der Waals surface area contributed by atoms with Gasteiger partial charge in [0.1, 0.15) is 0 Å². The molecule has 1 aromatic rings. The first-order valence-corrected chi connectivity index (χ1v) is 6.59. The topological polar surface area (TPSA) is 17.1 Å². The van der Waals surface area contributed by atoms with Crippen LogP contribution in [0.3, 0.4) is 0 Å². The van der Waals surface area contributed by atoms with Gasteiger partial charge < -0.3 is 0 Å². The zero-order valence-electron chi connectivity index (χ0n) is 7.82.